The van der Waals surface area contributed by atoms with Crippen LogP contribution < -0.4 is 5.32 Å². The first-order valence-corrected chi connectivity index (χ1v) is 9.42. The van der Waals surface area contributed by atoms with Crippen molar-refractivity contribution in [3.8, 4) is 0 Å². The van der Waals surface area contributed by atoms with E-state index >= 15 is 0 Å². The minimum Gasteiger partial charge on any atom is -0.306 e. The number of hydrogen-bond acceptors (Lipinski definition) is 3. The summed E-state index contributed by atoms with van der Waals surface area (Å²) in [6.07, 6.45) is 9.64. The van der Waals surface area contributed by atoms with Crippen molar-refractivity contribution in [1.29, 1.82) is 0 Å². The monoisotopic (exact) mass is 374 g/mol. The molecular formula is C23H26N4O. The van der Waals surface area contributed by atoms with Gasteiger partial charge >= 0.3 is 0 Å². The third kappa shape index (κ3) is 5.64. The zero-order valence-corrected chi connectivity index (χ0v) is 16.6. The highest BCUT2D eigenvalue weighted by Crippen LogP contribution is 2.22. The van der Waals surface area contributed by atoms with Crippen molar-refractivity contribution in [3.63, 3.8) is 0 Å². The Hall–Kier alpha value is -3.21. The van der Waals surface area contributed by atoms with E-state index in [1.54, 1.807) is 18.5 Å². The zero-order valence-electron chi connectivity index (χ0n) is 16.6. The van der Waals surface area contributed by atoms with Gasteiger partial charge in [-0.15, -0.1) is 0 Å². The maximum Gasteiger partial charge on any atom is 0.249 e. The van der Waals surface area contributed by atoms with Crippen LogP contribution in [0.2, 0.25) is 0 Å². The number of amides is 1. The summed E-state index contributed by atoms with van der Waals surface area (Å²) in [5.74, 6) is 0.353. The van der Waals surface area contributed by atoms with E-state index in [2.05, 4.69) is 48.3 Å². The molecule has 0 bridgehead atoms. The molecule has 2 aromatic heterocycles. The molecule has 0 aliphatic rings. The van der Waals surface area contributed by atoms with Gasteiger partial charge in [-0.3, -0.25) is 14.5 Å². The molecule has 0 radical (unpaired) electrons. The summed E-state index contributed by atoms with van der Waals surface area (Å²) in [4.78, 5) is 16.2. The summed E-state index contributed by atoms with van der Waals surface area (Å²) in [6, 6.07) is 14.0. The Morgan fingerprint density at radius 3 is 2.46 bits per heavy atom. The molecule has 0 saturated carbocycles. The number of carbonyl (C=O) groups is 1. The number of anilines is 1. The van der Waals surface area contributed by atoms with Crippen LogP contribution in [0.5, 0.6) is 0 Å². The fourth-order valence-electron chi connectivity index (χ4n) is 2.78. The number of carbonyl (C=O) groups excluding carboxylic acids is 1. The largest absolute Gasteiger partial charge is 0.306 e. The van der Waals surface area contributed by atoms with Gasteiger partial charge in [-0.2, -0.15) is 5.10 Å². The van der Waals surface area contributed by atoms with Crippen molar-refractivity contribution in [2.24, 2.45) is 0 Å². The van der Waals surface area contributed by atoms with Crippen LogP contribution >= 0.6 is 0 Å². The molecular weight excluding hydrogens is 348 g/mol. The van der Waals surface area contributed by atoms with Gasteiger partial charge in [-0.25, -0.2) is 0 Å². The SMILES string of the molecule is CC(C)(C)c1ccc(/C=C/C(=O)Nc2ccn(CCc3ccncc3)n2)cc1. The normalized spacial score (nSPS) is 11.7. The second kappa shape index (κ2) is 8.65. The maximum atomic E-state index is 12.1. The summed E-state index contributed by atoms with van der Waals surface area (Å²) < 4.78 is 1.82. The summed E-state index contributed by atoms with van der Waals surface area (Å²) in [5.41, 5.74) is 3.59. The Balaban J connectivity index is 1.52. The molecule has 0 spiro atoms. The molecule has 1 amide bonds. The van der Waals surface area contributed by atoms with E-state index in [4.69, 9.17) is 0 Å². The van der Waals surface area contributed by atoms with E-state index in [-0.39, 0.29) is 11.3 Å². The van der Waals surface area contributed by atoms with E-state index in [1.807, 2.05) is 41.2 Å². The van der Waals surface area contributed by atoms with Crippen LogP contribution in [0.25, 0.3) is 6.08 Å². The van der Waals surface area contributed by atoms with Crippen LogP contribution in [0, 0.1) is 0 Å². The van der Waals surface area contributed by atoms with E-state index in [9.17, 15) is 4.79 Å². The smallest absolute Gasteiger partial charge is 0.249 e. The Morgan fingerprint density at radius 1 is 1.07 bits per heavy atom. The molecule has 1 N–H and O–H groups in total. The van der Waals surface area contributed by atoms with E-state index < -0.39 is 0 Å². The number of nitrogens with one attached hydrogen (secondary N) is 1. The fourth-order valence-corrected chi connectivity index (χ4v) is 2.78. The van der Waals surface area contributed by atoms with Gasteiger partial charge in [0, 0.05) is 37.3 Å². The number of rotatable bonds is 6. The van der Waals surface area contributed by atoms with Gasteiger partial charge in [0.1, 0.15) is 0 Å². The first kappa shape index (κ1) is 19.5. The van der Waals surface area contributed by atoms with Crippen LogP contribution in [0.15, 0.2) is 67.1 Å². The predicted octanol–water partition coefficient (Wildman–Crippen LogP) is 4.47. The molecule has 0 aliphatic heterocycles. The molecule has 0 aliphatic carbocycles. The van der Waals surface area contributed by atoms with Crippen LogP contribution in [0.1, 0.15) is 37.5 Å². The van der Waals surface area contributed by atoms with Crippen molar-refractivity contribution in [1.82, 2.24) is 14.8 Å². The van der Waals surface area contributed by atoms with Crippen molar-refractivity contribution >= 4 is 17.8 Å². The third-order valence-electron chi connectivity index (χ3n) is 4.47. The van der Waals surface area contributed by atoms with Crippen LogP contribution in [-0.4, -0.2) is 20.7 Å². The number of benzene rings is 1. The van der Waals surface area contributed by atoms with Gasteiger partial charge in [0.25, 0.3) is 0 Å². The predicted molar refractivity (Wildman–Crippen MR) is 113 cm³/mol. The number of hydrogen-bond donors (Lipinski definition) is 1. The van der Waals surface area contributed by atoms with Gasteiger partial charge < -0.3 is 5.32 Å². The Labute approximate surface area is 166 Å². The van der Waals surface area contributed by atoms with E-state index in [0.717, 1.165) is 18.5 Å². The third-order valence-corrected chi connectivity index (χ3v) is 4.47. The lowest BCUT2D eigenvalue weighted by Gasteiger charge is -2.18. The molecule has 3 rings (SSSR count). The molecule has 28 heavy (non-hydrogen) atoms. The topological polar surface area (TPSA) is 59.8 Å². The number of aryl methyl sites for hydroxylation is 2. The Morgan fingerprint density at radius 2 is 1.79 bits per heavy atom. The molecule has 0 saturated heterocycles. The average molecular weight is 374 g/mol. The minimum atomic E-state index is -0.195. The van der Waals surface area contributed by atoms with Gasteiger partial charge in [0.05, 0.1) is 0 Å². The van der Waals surface area contributed by atoms with Crippen molar-refractivity contribution in [3.05, 3.63) is 83.8 Å². The quantitative estimate of drug-likeness (QED) is 0.648. The molecule has 0 fully saturated rings. The number of pyridine rings is 1. The minimum absolute atomic E-state index is 0.121. The fraction of sp³-hybridized carbons (Fsp3) is 0.261. The standard InChI is InChI=1S/C23H26N4O/c1-23(2,3)20-7-4-18(5-8-20)6-9-22(28)25-21-13-17-27(26-21)16-12-19-10-14-24-15-11-19/h4-11,13-15,17H,12,16H2,1-3H3,(H,25,26,28)/b9-6+. The molecule has 0 atom stereocenters. The Bertz CT molecular complexity index is 935. The van der Waals surface area contributed by atoms with Crippen LogP contribution in [0.4, 0.5) is 5.82 Å². The molecule has 5 heteroatoms. The first-order valence-electron chi connectivity index (χ1n) is 9.42. The number of aromatic nitrogens is 3. The van der Waals surface area contributed by atoms with Crippen molar-refractivity contribution in [2.45, 2.75) is 39.2 Å². The lowest BCUT2D eigenvalue weighted by Crippen LogP contribution is -2.10. The van der Waals surface area contributed by atoms with Gasteiger partial charge in [-0.05, 0) is 46.7 Å². The maximum absolute atomic E-state index is 12.1. The highest BCUT2D eigenvalue weighted by molar-refractivity contribution is 6.01. The molecule has 144 valence electrons. The molecule has 1 aromatic carbocycles. The average Bonchev–Trinajstić information content (AvgIpc) is 3.12. The van der Waals surface area contributed by atoms with Gasteiger partial charge in [-0.1, -0.05) is 45.0 Å². The van der Waals surface area contributed by atoms with Gasteiger partial charge in [0.2, 0.25) is 5.91 Å². The zero-order chi connectivity index (χ0) is 20.0. The second-order valence-electron chi connectivity index (χ2n) is 7.76. The summed E-state index contributed by atoms with van der Waals surface area (Å²) in [6.45, 7) is 7.29. The highest BCUT2D eigenvalue weighted by atomic mass is 16.1. The van der Waals surface area contributed by atoms with Gasteiger partial charge in [0.15, 0.2) is 5.82 Å². The molecule has 3 aromatic rings. The number of nitrogens with zero attached hydrogens (tertiary/aromatic N) is 3. The lowest BCUT2D eigenvalue weighted by molar-refractivity contribution is -0.111. The molecule has 0 unspecified atom stereocenters. The molecule has 5 nitrogen and oxygen atoms in total. The van der Waals surface area contributed by atoms with E-state index in [0.29, 0.717) is 5.82 Å². The molecule has 2 heterocycles. The Kier molecular flexibility index (Phi) is 6.04. The van der Waals surface area contributed by atoms with Crippen molar-refractivity contribution in [2.75, 3.05) is 5.32 Å². The van der Waals surface area contributed by atoms with Crippen molar-refractivity contribution < 1.29 is 4.79 Å². The summed E-state index contributed by atoms with van der Waals surface area (Å²) in [5, 5.41) is 7.19. The summed E-state index contributed by atoms with van der Waals surface area (Å²) in [7, 11) is 0. The van der Waals surface area contributed by atoms with Crippen LogP contribution in [0.3, 0.4) is 0 Å². The van der Waals surface area contributed by atoms with Crippen LogP contribution in [-0.2, 0) is 23.2 Å². The van der Waals surface area contributed by atoms with E-state index in [1.165, 1.54) is 17.2 Å². The lowest BCUT2D eigenvalue weighted by atomic mass is 9.87. The summed E-state index contributed by atoms with van der Waals surface area (Å²) >= 11 is 0. The highest BCUT2D eigenvalue weighted by Gasteiger charge is 2.12. The second-order valence-corrected chi connectivity index (χ2v) is 7.76. The first-order chi connectivity index (χ1) is 13.4.